The largest absolute Gasteiger partial charge is 2.00 e. The molecule has 0 heterocycles. The smallest absolute Gasteiger partial charge is 1.00 e. The fraction of sp³-hybridized carbons (Fsp3) is 0.429. The van der Waals surface area contributed by atoms with Crippen molar-refractivity contribution in [2.24, 2.45) is 5.73 Å². The van der Waals surface area contributed by atoms with Crippen LogP contribution in [0.1, 0.15) is 46.2 Å². The van der Waals surface area contributed by atoms with Gasteiger partial charge >= 0.3 is 60.8 Å². The monoisotopic (exact) mass is 405 g/mol. The van der Waals surface area contributed by atoms with E-state index in [1.165, 1.54) is 0 Å². The molecule has 0 spiro atoms. The van der Waals surface area contributed by atoms with Crippen molar-refractivity contribution < 1.29 is 22.7 Å². The van der Waals surface area contributed by atoms with E-state index in [2.05, 4.69) is 0 Å². The second kappa shape index (κ2) is 7.63. The van der Waals surface area contributed by atoms with Crippen molar-refractivity contribution in [3.05, 3.63) is 34.9 Å². The Bertz CT molecular complexity index is 504. The van der Waals surface area contributed by atoms with Gasteiger partial charge in [-0.25, -0.2) is 0 Å². The zero-order valence-electron chi connectivity index (χ0n) is 14.0. The maximum absolute atomic E-state index is 11.1. The minimum atomic E-state index is -1.58. The van der Waals surface area contributed by atoms with Gasteiger partial charge in [0, 0.05) is 6.54 Å². The van der Waals surface area contributed by atoms with Crippen LogP contribution in [0.3, 0.4) is 0 Å². The molecule has 4 N–H and O–H groups in total. The van der Waals surface area contributed by atoms with E-state index in [4.69, 9.17) is 15.9 Å². The summed E-state index contributed by atoms with van der Waals surface area (Å²) >= 11 is 0. The molecular weight excluding hydrogens is 383 g/mol. The number of rotatable bonds is 4. The van der Waals surface area contributed by atoms with Crippen LogP contribution in [0.2, 0.25) is 0 Å². The Kier molecular flexibility index (Phi) is 7.51. The van der Waals surface area contributed by atoms with Crippen molar-refractivity contribution in [3.8, 4) is 0 Å². The summed E-state index contributed by atoms with van der Waals surface area (Å²) in [7, 11) is 0. The predicted molar refractivity (Wildman–Crippen MR) is 79.0 cm³/mol. The summed E-state index contributed by atoms with van der Waals surface area (Å²) in [6.07, 6.45) is 0. The van der Waals surface area contributed by atoms with E-state index in [9.17, 15) is 9.59 Å². The first-order chi connectivity index (χ1) is 8.68. The van der Waals surface area contributed by atoms with Gasteiger partial charge in [-0.05, 0) is 22.1 Å². The van der Waals surface area contributed by atoms with Crippen molar-refractivity contribution in [1.82, 2.24) is 0 Å². The number of aliphatic carboxylic acids is 2. The maximum atomic E-state index is 11.1. The van der Waals surface area contributed by atoms with Gasteiger partial charge in [0.15, 0.2) is 5.92 Å². The standard InChI is InChI=1S/C14H19NO4.Ba.2H/c1-14(2,3)9-4-5-10(8(6-9)7-15)11(12(16)17)13(18)19;;;/h4-6,11H,7,15H2,1-3H3,(H,16,17)(H,18,19);;;/q;+2;2*-1. The number of carboxylic acid groups (broad SMARTS) is 2. The summed E-state index contributed by atoms with van der Waals surface area (Å²) in [4.78, 5) is 22.1. The van der Waals surface area contributed by atoms with E-state index in [0.29, 0.717) is 5.56 Å². The third-order valence-electron chi connectivity index (χ3n) is 3.03. The molecule has 5 nitrogen and oxygen atoms in total. The summed E-state index contributed by atoms with van der Waals surface area (Å²) in [6, 6.07) is 5.09. The van der Waals surface area contributed by atoms with Gasteiger partial charge in [-0.15, -0.1) is 0 Å². The summed E-state index contributed by atoms with van der Waals surface area (Å²) < 4.78 is 0. The number of hydrogen-bond acceptors (Lipinski definition) is 3. The second-order valence-corrected chi connectivity index (χ2v) is 5.48. The van der Waals surface area contributed by atoms with Crippen LogP contribution in [0.5, 0.6) is 0 Å². The van der Waals surface area contributed by atoms with Gasteiger partial charge in [-0.1, -0.05) is 39.0 Å². The van der Waals surface area contributed by atoms with Gasteiger partial charge in [0.1, 0.15) is 0 Å². The molecule has 0 amide bonds. The van der Waals surface area contributed by atoms with Crippen LogP contribution in [-0.2, 0) is 21.5 Å². The number of carboxylic acids is 2. The molecule has 0 saturated carbocycles. The van der Waals surface area contributed by atoms with Crippen LogP contribution >= 0.6 is 0 Å². The zero-order chi connectivity index (χ0) is 14.8. The van der Waals surface area contributed by atoms with E-state index in [1.807, 2.05) is 20.8 Å². The molecule has 1 aromatic rings. The van der Waals surface area contributed by atoms with Gasteiger partial charge < -0.3 is 18.8 Å². The van der Waals surface area contributed by atoms with Crippen molar-refractivity contribution >= 4 is 60.8 Å². The number of benzene rings is 1. The summed E-state index contributed by atoms with van der Waals surface area (Å²) in [6.45, 7) is 6.17. The van der Waals surface area contributed by atoms with Gasteiger partial charge in [-0.3, -0.25) is 9.59 Å². The minimum absolute atomic E-state index is 0. The topological polar surface area (TPSA) is 101 Å². The summed E-state index contributed by atoms with van der Waals surface area (Å²) in [5, 5.41) is 18.0. The van der Waals surface area contributed by atoms with Crippen LogP contribution < -0.4 is 5.73 Å². The first kappa shape index (κ1) is 19.7. The van der Waals surface area contributed by atoms with Crippen LogP contribution in [-0.4, -0.2) is 71.0 Å². The predicted octanol–water partition coefficient (Wildman–Crippen LogP) is 1.54. The van der Waals surface area contributed by atoms with E-state index in [0.717, 1.165) is 5.56 Å². The number of carbonyl (C=O) groups is 2. The third-order valence-corrected chi connectivity index (χ3v) is 3.03. The Hall–Kier alpha value is -0.309. The average Bonchev–Trinajstić information content (AvgIpc) is 2.27. The average molecular weight is 405 g/mol. The van der Waals surface area contributed by atoms with Crippen LogP contribution in [0.15, 0.2) is 18.2 Å². The molecule has 0 atom stereocenters. The Labute approximate surface area is 161 Å². The van der Waals surface area contributed by atoms with Gasteiger partial charge in [0.2, 0.25) is 0 Å². The van der Waals surface area contributed by atoms with Crippen molar-refractivity contribution in [2.75, 3.05) is 0 Å². The molecule has 1 rings (SSSR count). The van der Waals surface area contributed by atoms with E-state index in [1.54, 1.807) is 18.2 Å². The Morgan fingerprint density at radius 2 is 1.75 bits per heavy atom. The second-order valence-electron chi connectivity index (χ2n) is 5.48. The minimum Gasteiger partial charge on any atom is -1.00 e. The Morgan fingerprint density at radius 1 is 1.25 bits per heavy atom. The molecule has 0 saturated heterocycles. The van der Waals surface area contributed by atoms with Gasteiger partial charge in [0.05, 0.1) is 0 Å². The van der Waals surface area contributed by atoms with Crippen LogP contribution in [0.4, 0.5) is 0 Å². The summed E-state index contributed by atoms with van der Waals surface area (Å²) in [5.41, 5.74) is 7.30. The molecular formula is C14H21BaNO4. The first-order valence-corrected chi connectivity index (χ1v) is 5.97. The molecule has 0 aliphatic heterocycles. The molecule has 0 fully saturated rings. The van der Waals surface area contributed by atoms with Crippen molar-refractivity contribution in [2.45, 2.75) is 38.6 Å². The molecule has 108 valence electrons. The number of nitrogens with two attached hydrogens (primary N) is 1. The Balaban J connectivity index is -0.00000120. The fourth-order valence-electron chi connectivity index (χ4n) is 1.90. The molecule has 0 radical (unpaired) electrons. The van der Waals surface area contributed by atoms with E-state index >= 15 is 0 Å². The Morgan fingerprint density at radius 3 is 2.10 bits per heavy atom. The van der Waals surface area contributed by atoms with Crippen LogP contribution in [0.25, 0.3) is 0 Å². The molecule has 6 heteroatoms. The maximum Gasteiger partial charge on any atom is 2.00 e. The summed E-state index contributed by atoms with van der Waals surface area (Å²) in [5.74, 6) is -4.34. The molecule has 0 aliphatic rings. The quantitative estimate of drug-likeness (QED) is 0.522. The van der Waals surface area contributed by atoms with Crippen molar-refractivity contribution in [3.63, 3.8) is 0 Å². The third kappa shape index (κ3) is 4.61. The first-order valence-electron chi connectivity index (χ1n) is 5.97. The van der Waals surface area contributed by atoms with E-state index in [-0.39, 0.29) is 69.3 Å². The normalized spacial score (nSPS) is 11.1. The molecule has 20 heavy (non-hydrogen) atoms. The SMILES string of the molecule is CC(C)(C)c1ccc(C(C(=O)O)C(=O)O)c(CN)c1.[Ba+2].[H-].[H-]. The molecule has 0 bridgehead atoms. The number of hydrogen-bond donors (Lipinski definition) is 3. The van der Waals surface area contributed by atoms with Gasteiger partial charge in [0.25, 0.3) is 0 Å². The van der Waals surface area contributed by atoms with Crippen LogP contribution in [0, 0.1) is 0 Å². The fourth-order valence-corrected chi connectivity index (χ4v) is 1.90. The molecule has 1 aromatic carbocycles. The molecule has 0 unspecified atom stereocenters. The molecule has 0 aromatic heterocycles. The molecule has 0 aliphatic carbocycles. The van der Waals surface area contributed by atoms with Crippen molar-refractivity contribution in [1.29, 1.82) is 0 Å². The van der Waals surface area contributed by atoms with E-state index < -0.39 is 17.9 Å². The van der Waals surface area contributed by atoms with Gasteiger partial charge in [-0.2, -0.15) is 0 Å². The zero-order valence-corrected chi connectivity index (χ0v) is 16.5.